The summed E-state index contributed by atoms with van der Waals surface area (Å²) < 4.78 is 0. The molecule has 2 saturated heterocycles. The maximum atomic E-state index is 4.46. The molecule has 0 saturated carbocycles. The van der Waals surface area contributed by atoms with Crippen LogP contribution in [0.25, 0.3) is 0 Å². The normalized spacial score (nSPS) is 30.3. The van der Waals surface area contributed by atoms with E-state index in [0.29, 0.717) is 24.0 Å². The molecule has 0 aromatic heterocycles. The number of hydrogen-bond acceptors (Lipinski definition) is 3. The molecule has 5 heteroatoms. The molecule has 3 atom stereocenters. The lowest BCUT2D eigenvalue weighted by Crippen LogP contribution is -2.49. The van der Waals surface area contributed by atoms with Crippen molar-refractivity contribution in [1.29, 1.82) is 0 Å². The van der Waals surface area contributed by atoms with Crippen LogP contribution in [0.15, 0.2) is 4.99 Å². The zero-order valence-electron chi connectivity index (χ0n) is 16.7. The predicted octanol–water partition coefficient (Wildman–Crippen LogP) is 2.00. The Kier molecular flexibility index (Phi) is 7.35. The molecular formula is C19H39N5. The molecule has 2 N–H and O–H groups in total. The first kappa shape index (κ1) is 19.5. The summed E-state index contributed by atoms with van der Waals surface area (Å²) in [5, 5.41) is 7.24. The van der Waals surface area contributed by atoms with Gasteiger partial charge in [0.25, 0.3) is 0 Å². The summed E-state index contributed by atoms with van der Waals surface area (Å²) in [7, 11) is 1.89. The van der Waals surface area contributed by atoms with E-state index >= 15 is 0 Å². The maximum Gasteiger partial charge on any atom is 0.191 e. The average Bonchev–Trinajstić information content (AvgIpc) is 2.92. The number of hydrogen-bond donors (Lipinski definition) is 2. The van der Waals surface area contributed by atoms with Gasteiger partial charge in [0.05, 0.1) is 0 Å². The van der Waals surface area contributed by atoms with Gasteiger partial charge in [0.15, 0.2) is 5.96 Å². The van der Waals surface area contributed by atoms with E-state index in [0.717, 1.165) is 25.0 Å². The van der Waals surface area contributed by atoms with Gasteiger partial charge < -0.3 is 15.5 Å². The van der Waals surface area contributed by atoms with Crippen LogP contribution in [0, 0.1) is 11.8 Å². The van der Waals surface area contributed by atoms with Crippen LogP contribution >= 0.6 is 0 Å². The third-order valence-electron chi connectivity index (χ3n) is 5.76. The van der Waals surface area contributed by atoms with Crippen LogP contribution in [0.4, 0.5) is 0 Å². The number of piperidine rings is 1. The van der Waals surface area contributed by atoms with Gasteiger partial charge in [0, 0.05) is 51.4 Å². The molecule has 2 rings (SSSR count). The van der Waals surface area contributed by atoms with Gasteiger partial charge in [-0.1, -0.05) is 6.92 Å². The summed E-state index contributed by atoms with van der Waals surface area (Å²) in [5.41, 5.74) is 0. The van der Waals surface area contributed by atoms with E-state index in [1.165, 1.54) is 32.5 Å². The van der Waals surface area contributed by atoms with Crippen molar-refractivity contribution < 1.29 is 0 Å². The van der Waals surface area contributed by atoms with Crippen LogP contribution in [0.2, 0.25) is 0 Å². The second-order valence-electron chi connectivity index (χ2n) is 8.33. The third-order valence-corrected chi connectivity index (χ3v) is 5.76. The molecule has 0 aromatic carbocycles. The van der Waals surface area contributed by atoms with E-state index in [2.05, 4.69) is 60.0 Å². The van der Waals surface area contributed by atoms with Crippen LogP contribution < -0.4 is 10.6 Å². The summed E-state index contributed by atoms with van der Waals surface area (Å²) in [6.07, 6.45) is 2.65. The minimum Gasteiger partial charge on any atom is -0.356 e. The molecule has 0 spiro atoms. The molecule has 2 heterocycles. The molecule has 5 nitrogen and oxygen atoms in total. The third kappa shape index (κ3) is 5.35. The van der Waals surface area contributed by atoms with Crippen LogP contribution in [0.1, 0.15) is 47.5 Å². The SMILES string of the molecule is CN=C(NCC1CCCN(C(C)C)C1)NC1CN(C(C)C)CC1C. The first-order valence-corrected chi connectivity index (χ1v) is 9.86. The van der Waals surface area contributed by atoms with Crippen molar-refractivity contribution in [2.75, 3.05) is 39.8 Å². The van der Waals surface area contributed by atoms with Gasteiger partial charge in [-0.25, -0.2) is 0 Å². The van der Waals surface area contributed by atoms with Crippen LogP contribution in [0.5, 0.6) is 0 Å². The highest BCUT2D eigenvalue weighted by molar-refractivity contribution is 5.80. The first-order chi connectivity index (χ1) is 11.4. The number of nitrogens with zero attached hydrogens (tertiary/aromatic N) is 3. The molecule has 2 fully saturated rings. The summed E-state index contributed by atoms with van der Waals surface area (Å²) in [6, 6.07) is 1.78. The van der Waals surface area contributed by atoms with Gasteiger partial charge in [-0.15, -0.1) is 0 Å². The second kappa shape index (κ2) is 9.04. The highest BCUT2D eigenvalue weighted by Gasteiger charge is 2.31. The Bertz CT molecular complexity index is 407. The fourth-order valence-corrected chi connectivity index (χ4v) is 3.96. The largest absolute Gasteiger partial charge is 0.356 e. The monoisotopic (exact) mass is 337 g/mol. The quantitative estimate of drug-likeness (QED) is 0.595. The number of nitrogens with one attached hydrogen (secondary N) is 2. The van der Waals surface area contributed by atoms with Gasteiger partial charge in [-0.3, -0.25) is 9.89 Å². The smallest absolute Gasteiger partial charge is 0.191 e. The molecule has 0 bridgehead atoms. The zero-order chi connectivity index (χ0) is 17.7. The predicted molar refractivity (Wildman–Crippen MR) is 104 cm³/mol. The van der Waals surface area contributed by atoms with E-state index in [1.807, 2.05) is 7.05 Å². The highest BCUT2D eigenvalue weighted by Crippen LogP contribution is 2.19. The van der Waals surface area contributed by atoms with Crippen molar-refractivity contribution >= 4 is 5.96 Å². The Morgan fingerprint density at radius 2 is 1.79 bits per heavy atom. The molecule has 2 aliphatic heterocycles. The summed E-state index contributed by atoms with van der Waals surface area (Å²) in [5.74, 6) is 2.36. The van der Waals surface area contributed by atoms with Crippen molar-refractivity contribution in [1.82, 2.24) is 20.4 Å². The van der Waals surface area contributed by atoms with Crippen molar-refractivity contribution in [3.05, 3.63) is 0 Å². The molecule has 0 aliphatic carbocycles. The van der Waals surface area contributed by atoms with Gasteiger partial charge in [0.2, 0.25) is 0 Å². The Hall–Kier alpha value is -0.810. The van der Waals surface area contributed by atoms with E-state index in [-0.39, 0.29) is 0 Å². The molecule has 24 heavy (non-hydrogen) atoms. The number of rotatable bonds is 5. The number of guanidine groups is 1. The zero-order valence-corrected chi connectivity index (χ0v) is 16.7. The van der Waals surface area contributed by atoms with Crippen LogP contribution in [0.3, 0.4) is 0 Å². The molecule has 2 aliphatic rings. The van der Waals surface area contributed by atoms with Crippen LogP contribution in [-0.2, 0) is 0 Å². The van der Waals surface area contributed by atoms with Crippen molar-refractivity contribution in [2.45, 2.75) is 65.6 Å². The Morgan fingerprint density at radius 1 is 1.08 bits per heavy atom. The van der Waals surface area contributed by atoms with Gasteiger partial charge in [-0.05, 0) is 58.9 Å². The fraction of sp³-hybridized carbons (Fsp3) is 0.947. The van der Waals surface area contributed by atoms with E-state index in [9.17, 15) is 0 Å². The minimum atomic E-state index is 0.497. The van der Waals surface area contributed by atoms with Crippen LogP contribution in [-0.4, -0.2) is 73.7 Å². The maximum absolute atomic E-state index is 4.46. The topological polar surface area (TPSA) is 42.9 Å². The Labute approximate surface area is 149 Å². The van der Waals surface area contributed by atoms with E-state index in [4.69, 9.17) is 0 Å². The fourth-order valence-electron chi connectivity index (χ4n) is 3.96. The molecule has 3 unspecified atom stereocenters. The Morgan fingerprint density at radius 3 is 2.38 bits per heavy atom. The van der Waals surface area contributed by atoms with Gasteiger partial charge >= 0.3 is 0 Å². The Balaban J connectivity index is 1.78. The molecule has 0 radical (unpaired) electrons. The van der Waals surface area contributed by atoms with E-state index in [1.54, 1.807) is 0 Å². The van der Waals surface area contributed by atoms with Crippen molar-refractivity contribution in [3.8, 4) is 0 Å². The molecule has 0 aromatic rings. The lowest BCUT2D eigenvalue weighted by Gasteiger charge is -2.35. The molecular weight excluding hydrogens is 298 g/mol. The minimum absolute atomic E-state index is 0.497. The lowest BCUT2D eigenvalue weighted by atomic mass is 9.97. The van der Waals surface area contributed by atoms with E-state index < -0.39 is 0 Å². The van der Waals surface area contributed by atoms with Crippen molar-refractivity contribution in [2.24, 2.45) is 16.8 Å². The summed E-state index contributed by atoms with van der Waals surface area (Å²) >= 11 is 0. The first-order valence-electron chi connectivity index (χ1n) is 9.86. The van der Waals surface area contributed by atoms with Gasteiger partial charge in [0.1, 0.15) is 0 Å². The molecule has 0 amide bonds. The average molecular weight is 338 g/mol. The second-order valence-corrected chi connectivity index (χ2v) is 8.33. The number of aliphatic imine (C=N–C) groups is 1. The van der Waals surface area contributed by atoms with Gasteiger partial charge in [-0.2, -0.15) is 0 Å². The standard InChI is InChI=1S/C19H39N5/c1-14(2)23-9-7-8-17(12-23)10-21-19(20-6)22-18-13-24(15(3)4)11-16(18)5/h14-18H,7-13H2,1-6H3,(H2,20,21,22). The number of likely N-dealkylation sites (tertiary alicyclic amines) is 2. The summed E-state index contributed by atoms with van der Waals surface area (Å²) in [6.45, 7) is 17.3. The van der Waals surface area contributed by atoms with Crippen molar-refractivity contribution in [3.63, 3.8) is 0 Å². The highest BCUT2D eigenvalue weighted by atomic mass is 15.3. The lowest BCUT2D eigenvalue weighted by molar-refractivity contribution is 0.141. The molecule has 140 valence electrons. The summed E-state index contributed by atoms with van der Waals surface area (Å²) in [4.78, 5) is 9.61.